The first-order chi connectivity index (χ1) is 10.5. The van der Waals surface area contributed by atoms with Crippen LogP contribution < -0.4 is 9.64 Å². The number of anilines is 1. The molecule has 1 aliphatic heterocycles. The molecule has 1 saturated heterocycles. The van der Waals surface area contributed by atoms with Gasteiger partial charge < -0.3 is 9.64 Å². The first-order valence-corrected chi connectivity index (χ1v) is 6.97. The molecule has 1 atom stereocenters. The Morgan fingerprint density at radius 2 is 2.14 bits per heavy atom. The Bertz CT molecular complexity index is 598. The molecule has 0 bridgehead atoms. The van der Waals surface area contributed by atoms with E-state index in [1.165, 1.54) is 6.07 Å². The van der Waals surface area contributed by atoms with Gasteiger partial charge in [-0.3, -0.25) is 5.10 Å². The average Bonchev–Trinajstić information content (AvgIpc) is 3.01. The number of halogens is 3. The number of rotatable bonds is 3. The van der Waals surface area contributed by atoms with Crippen LogP contribution in [0.25, 0.3) is 0 Å². The van der Waals surface area contributed by atoms with Crippen LogP contribution in [0.4, 0.5) is 19.0 Å². The van der Waals surface area contributed by atoms with Gasteiger partial charge in [0.1, 0.15) is 11.6 Å². The van der Waals surface area contributed by atoms with Gasteiger partial charge in [0.25, 0.3) is 0 Å². The molecule has 3 rings (SSSR count). The van der Waals surface area contributed by atoms with Crippen molar-refractivity contribution in [1.82, 2.24) is 15.2 Å². The van der Waals surface area contributed by atoms with Crippen molar-refractivity contribution in [3.05, 3.63) is 36.3 Å². The fourth-order valence-corrected chi connectivity index (χ4v) is 2.69. The molecular weight excluding hydrogens is 297 g/mol. The summed E-state index contributed by atoms with van der Waals surface area (Å²) in [5.41, 5.74) is 1.07. The summed E-state index contributed by atoms with van der Waals surface area (Å²) in [5.74, 6) is 0.668. The van der Waals surface area contributed by atoms with Crippen molar-refractivity contribution in [2.75, 3.05) is 18.0 Å². The fraction of sp³-hybridized carbons (Fsp3) is 0.429. The molecule has 1 N–H and O–H groups in total. The van der Waals surface area contributed by atoms with Gasteiger partial charge >= 0.3 is 6.36 Å². The number of nitrogens with one attached hydrogen (secondary N) is 1. The summed E-state index contributed by atoms with van der Waals surface area (Å²) in [6.45, 7) is 1.59. The molecule has 0 amide bonds. The molecule has 0 saturated carbocycles. The van der Waals surface area contributed by atoms with Crippen molar-refractivity contribution < 1.29 is 17.9 Å². The van der Waals surface area contributed by atoms with Gasteiger partial charge in [-0.05, 0) is 31.0 Å². The molecule has 0 radical (unpaired) electrons. The quantitative estimate of drug-likeness (QED) is 0.946. The van der Waals surface area contributed by atoms with Crippen LogP contribution in [0.2, 0.25) is 0 Å². The van der Waals surface area contributed by atoms with Crippen molar-refractivity contribution in [3.63, 3.8) is 0 Å². The lowest BCUT2D eigenvalue weighted by molar-refractivity contribution is -0.274. The van der Waals surface area contributed by atoms with E-state index in [0.717, 1.165) is 37.8 Å². The fourth-order valence-electron chi connectivity index (χ4n) is 2.69. The number of pyridine rings is 1. The van der Waals surface area contributed by atoms with Gasteiger partial charge in [0.15, 0.2) is 0 Å². The van der Waals surface area contributed by atoms with Crippen molar-refractivity contribution in [2.45, 2.75) is 25.1 Å². The van der Waals surface area contributed by atoms with Crippen LogP contribution in [0.5, 0.6) is 5.75 Å². The Morgan fingerprint density at radius 1 is 1.27 bits per heavy atom. The molecule has 8 heteroatoms. The maximum atomic E-state index is 12.1. The molecule has 1 fully saturated rings. The molecule has 0 spiro atoms. The highest BCUT2D eigenvalue weighted by Gasteiger charge is 2.31. The van der Waals surface area contributed by atoms with Crippen molar-refractivity contribution in [3.8, 4) is 5.75 Å². The normalized spacial score (nSPS) is 19.2. The van der Waals surface area contributed by atoms with E-state index in [9.17, 15) is 13.2 Å². The molecule has 2 aromatic heterocycles. The maximum absolute atomic E-state index is 12.1. The number of aromatic nitrogens is 3. The molecule has 118 valence electrons. The molecule has 2 aromatic rings. The summed E-state index contributed by atoms with van der Waals surface area (Å²) in [4.78, 5) is 6.14. The minimum atomic E-state index is -4.69. The van der Waals surface area contributed by atoms with E-state index in [-0.39, 0.29) is 5.75 Å². The zero-order valence-electron chi connectivity index (χ0n) is 11.7. The minimum Gasteiger partial charge on any atom is -0.404 e. The van der Waals surface area contributed by atoms with E-state index in [2.05, 4.69) is 24.8 Å². The van der Waals surface area contributed by atoms with E-state index in [4.69, 9.17) is 0 Å². The molecule has 1 unspecified atom stereocenters. The molecular formula is C14H15F3N4O. The van der Waals surface area contributed by atoms with Crippen LogP contribution >= 0.6 is 0 Å². The summed E-state index contributed by atoms with van der Waals surface area (Å²) < 4.78 is 40.2. The third-order valence-electron chi connectivity index (χ3n) is 3.66. The Kier molecular flexibility index (Phi) is 3.91. The largest absolute Gasteiger partial charge is 0.573 e. The molecule has 0 aromatic carbocycles. The van der Waals surface area contributed by atoms with Gasteiger partial charge in [-0.1, -0.05) is 0 Å². The Labute approximate surface area is 125 Å². The van der Waals surface area contributed by atoms with E-state index in [1.54, 1.807) is 12.3 Å². The Morgan fingerprint density at radius 3 is 2.77 bits per heavy atom. The summed E-state index contributed by atoms with van der Waals surface area (Å²) in [5, 5.41) is 6.93. The number of ether oxygens (including phenoxy) is 1. The zero-order chi connectivity index (χ0) is 15.6. The van der Waals surface area contributed by atoms with Crippen LogP contribution in [0, 0.1) is 0 Å². The number of aromatic amines is 1. The number of H-pyrrole nitrogens is 1. The van der Waals surface area contributed by atoms with Crippen molar-refractivity contribution in [2.24, 2.45) is 0 Å². The topological polar surface area (TPSA) is 54.0 Å². The first-order valence-electron chi connectivity index (χ1n) is 6.97. The summed E-state index contributed by atoms with van der Waals surface area (Å²) in [6, 6.07) is 4.79. The lowest BCUT2D eigenvalue weighted by atomic mass is 9.95. The zero-order valence-corrected chi connectivity index (χ0v) is 11.7. The predicted octanol–water partition coefficient (Wildman–Crippen LogP) is 3.09. The molecule has 1 aliphatic rings. The van der Waals surface area contributed by atoms with Gasteiger partial charge in [-0.2, -0.15) is 5.10 Å². The van der Waals surface area contributed by atoms with Gasteiger partial charge in [0, 0.05) is 30.9 Å². The van der Waals surface area contributed by atoms with Gasteiger partial charge in [-0.25, -0.2) is 4.98 Å². The number of piperidine rings is 1. The van der Waals surface area contributed by atoms with Crippen LogP contribution in [0.3, 0.4) is 0 Å². The standard InChI is InChI=1S/C14H15F3N4O/c15-14(16,17)22-11-3-4-13(18-8-11)21-7-1-2-10(9-21)12-5-6-19-20-12/h3-6,8,10H,1-2,7,9H2,(H,19,20). The van der Waals surface area contributed by atoms with E-state index >= 15 is 0 Å². The van der Waals surface area contributed by atoms with E-state index < -0.39 is 6.36 Å². The minimum absolute atomic E-state index is 0.307. The molecule has 22 heavy (non-hydrogen) atoms. The van der Waals surface area contributed by atoms with E-state index in [1.807, 2.05) is 6.07 Å². The third kappa shape index (κ3) is 3.49. The van der Waals surface area contributed by atoms with E-state index in [0.29, 0.717) is 11.7 Å². The van der Waals surface area contributed by atoms with Gasteiger partial charge in [-0.15, -0.1) is 13.2 Å². The molecule has 5 nitrogen and oxygen atoms in total. The second-order valence-corrected chi connectivity index (χ2v) is 5.20. The highest BCUT2D eigenvalue weighted by atomic mass is 19.4. The second-order valence-electron chi connectivity index (χ2n) is 5.20. The van der Waals surface area contributed by atoms with Crippen LogP contribution in [-0.2, 0) is 0 Å². The SMILES string of the molecule is FC(F)(F)Oc1ccc(N2CCCC(c3ccn[nH]3)C2)nc1. The predicted molar refractivity (Wildman–Crippen MR) is 73.7 cm³/mol. The smallest absolute Gasteiger partial charge is 0.404 e. The second kappa shape index (κ2) is 5.86. The Hall–Kier alpha value is -2.25. The third-order valence-corrected chi connectivity index (χ3v) is 3.66. The highest BCUT2D eigenvalue weighted by molar-refractivity contribution is 5.42. The lowest BCUT2D eigenvalue weighted by Gasteiger charge is -2.33. The summed E-state index contributed by atoms with van der Waals surface area (Å²) in [7, 11) is 0. The van der Waals surface area contributed by atoms with Crippen LogP contribution in [-0.4, -0.2) is 34.6 Å². The monoisotopic (exact) mass is 312 g/mol. The van der Waals surface area contributed by atoms with Crippen LogP contribution in [0.1, 0.15) is 24.5 Å². The van der Waals surface area contributed by atoms with Crippen molar-refractivity contribution >= 4 is 5.82 Å². The maximum Gasteiger partial charge on any atom is 0.573 e. The lowest BCUT2D eigenvalue weighted by Crippen LogP contribution is -2.35. The summed E-state index contributed by atoms with van der Waals surface area (Å²) >= 11 is 0. The summed E-state index contributed by atoms with van der Waals surface area (Å²) in [6.07, 6.45) is 0.165. The molecule has 0 aliphatic carbocycles. The van der Waals surface area contributed by atoms with Crippen molar-refractivity contribution in [1.29, 1.82) is 0 Å². The number of hydrogen-bond acceptors (Lipinski definition) is 4. The average molecular weight is 312 g/mol. The number of nitrogens with zero attached hydrogens (tertiary/aromatic N) is 3. The first kappa shape index (κ1) is 14.7. The molecule has 3 heterocycles. The van der Waals surface area contributed by atoms with Gasteiger partial charge in [0.2, 0.25) is 0 Å². The number of hydrogen-bond donors (Lipinski definition) is 1. The Balaban J connectivity index is 1.68. The van der Waals surface area contributed by atoms with Gasteiger partial charge in [0.05, 0.1) is 6.20 Å². The highest BCUT2D eigenvalue weighted by Crippen LogP contribution is 2.29. The van der Waals surface area contributed by atoms with Crippen LogP contribution in [0.15, 0.2) is 30.6 Å². The number of alkyl halides is 3.